The highest BCUT2D eigenvalue weighted by molar-refractivity contribution is 9.10. The van der Waals surface area contributed by atoms with E-state index in [1.54, 1.807) is 0 Å². The van der Waals surface area contributed by atoms with Crippen LogP contribution < -0.4 is 4.90 Å². The first-order chi connectivity index (χ1) is 12.0. The molecule has 0 saturated carbocycles. The second-order valence-corrected chi connectivity index (χ2v) is 8.34. The van der Waals surface area contributed by atoms with E-state index in [1.807, 2.05) is 37.8 Å². The smallest absolute Gasteiger partial charge is 0.268 e. The van der Waals surface area contributed by atoms with E-state index in [0.717, 1.165) is 61.7 Å². The van der Waals surface area contributed by atoms with E-state index in [-0.39, 0.29) is 5.91 Å². The fourth-order valence-corrected chi connectivity index (χ4v) is 5.21. The lowest BCUT2D eigenvalue weighted by molar-refractivity contribution is 0.0988. The summed E-state index contributed by atoms with van der Waals surface area (Å²) in [5.41, 5.74) is 4.18. The second kappa shape index (κ2) is 6.18. The third-order valence-corrected chi connectivity index (χ3v) is 6.35. The minimum Gasteiger partial charge on any atom is -0.307 e. The van der Waals surface area contributed by atoms with Crippen molar-refractivity contribution in [2.75, 3.05) is 11.4 Å². The number of carbonyl (C=O) groups excluding carboxylic acids is 1. The Bertz CT molecular complexity index is 1010. The fraction of sp³-hybridized carbons (Fsp3) is 0.316. The molecule has 2 aromatic heterocycles. The Morgan fingerprint density at radius 3 is 2.84 bits per heavy atom. The van der Waals surface area contributed by atoms with Crippen molar-refractivity contribution in [2.45, 2.75) is 33.6 Å². The molecule has 6 heteroatoms. The van der Waals surface area contributed by atoms with Crippen molar-refractivity contribution in [2.24, 2.45) is 0 Å². The minimum atomic E-state index is 0.0702. The molecule has 0 atom stereocenters. The van der Waals surface area contributed by atoms with Crippen LogP contribution in [-0.2, 0) is 6.42 Å². The molecule has 128 valence electrons. The third kappa shape index (κ3) is 2.77. The lowest BCUT2D eigenvalue weighted by atomic mass is 10.0. The molecule has 0 fully saturated rings. The van der Waals surface area contributed by atoms with Crippen LogP contribution in [0.1, 0.15) is 38.7 Å². The van der Waals surface area contributed by atoms with Crippen LogP contribution in [0.5, 0.6) is 0 Å². The van der Waals surface area contributed by atoms with Crippen LogP contribution in [0.25, 0.3) is 10.2 Å². The van der Waals surface area contributed by atoms with Crippen molar-refractivity contribution in [1.82, 2.24) is 9.97 Å². The standard InChI is InChI=1S/C19H18BrN3OS/c1-10-16-11(2)21-12(3)22-18(16)25-17(10)19(24)23-8-4-5-13-9-14(20)6-7-15(13)23/h6-7,9H,4-5,8H2,1-3H3. The Labute approximate surface area is 159 Å². The minimum absolute atomic E-state index is 0.0702. The van der Waals surface area contributed by atoms with Crippen LogP contribution in [0.3, 0.4) is 0 Å². The van der Waals surface area contributed by atoms with Gasteiger partial charge in [0.1, 0.15) is 10.7 Å². The van der Waals surface area contributed by atoms with Gasteiger partial charge in [-0.15, -0.1) is 11.3 Å². The number of carbonyl (C=O) groups is 1. The van der Waals surface area contributed by atoms with Crippen molar-refractivity contribution >= 4 is 49.1 Å². The van der Waals surface area contributed by atoms with Crippen LogP contribution in [-0.4, -0.2) is 22.4 Å². The molecule has 1 amide bonds. The predicted octanol–water partition coefficient (Wildman–Crippen LogP) is 4.97. The Hall–Kier alpha value is -1.79. The highest BCUT2D eigenvalue weighted by atomic mass is 79.9. The van der Waals surface area contributed by atoms with Gasteiger partial charge in [0, 0.05) is 27.8 Å². The summed E-state index contributed by atoms with van der Waals surface area (Å²) < 4.78 is 1.06. The molecule has 4 nitrogen and oxygen atoms in total. The summed E-state index contributed by atoms with van der Waals surface area (Å²) >= 11 is 5.01. The molecule has 0 radical (unpaired) electrons. The molecule has 25 heavy (non-hydrogen) atoms. The number of aromatic nitrogens is 2. The maximum absolute atomic E-state index is 13.3. The number of aryl methyl sites for hydroxylation is 4. The molecule has 4 rings (SSSR count). The van der Waals surface area contributed by atoms with Crippen LogP contribution in [0, 0.1) is 20.8 Å². The average Bonchev–Trinajstić information content (AvgIpc) is 2.90. The number of anilines is 1. The molecule has 0 spiro atoms. The first-order valence-electron chi connectivity index (χ1n) is 8.30. The van der Waals surface area contributed by atoms with Crippen LogP contribution in [0.15, 0.2) is 22.7 Å². The fourth-order valence-electron chi connectivity index (χ4n) is 3.58. The molecule has 1 aromatic carbocycles. The van der Waals surface area contributed by atoms with Gasteiger partial charge >= 0.3 is 0 Å². The summed E-state index contributed by atoms with van der Waals surface area (Å²) in [4.78, 5) is 25.9. The lowest BCUT2D eigenvalue weighted by Crippen LogP contribution is -2.35. The summed E-state index contributed by atoms with van der Waals surface area (Å²) in [6, 6.07) is 6.15. The van der Waals surface area contributed by atoms with Gasteiger partial charge in [-0.05, 0) is 62.9 Å². The summed E-state index contributed by atoms with van der Waals surface area (Å²) in [6.07, 6.45) is 1.99. The maximum Gasteiger partial charge on any atom is 0.268 e. The first-order valence-corrected chi connectivity index (χ1v) is 9.91. The summed E-state index contributed by atoms with van der Waals surface area (Å²) in [5, 5.41) is 1.02. The molecule has 1 aliphatic heterocycles. The molecule has 1 aliphatic rings. The van der Waals surface area contributed by atoms with E-state index in [1.165, 1.54) is 16.9 Å². The summed E-state index contributed by atoms with van der Waals surface area (Å²) in [5.74, 6) is 0.819. The van der Waals surface area contributed by atoms with Gasteiger partial charge < -0.3 is 4.90 Å². The number of fused-ring (bicyclic) bond motifs is 2. The molecular formula is C19H18BrN3OS. The number of nitrogens with zero attached hydrogens (tertiary/aromatic N) is 3. The largest absolute Gasteiger partial charge is 0.307 e. The Morgan fingerprint density at radius 1 is 1.24 bits per heavy atom. The number of halogens is 1. The van der Waals surface area contributed by atoms with E-state index < -0.39 is 0 Å². The topological polar surface area (TPSA) is 46.1 Å². The van der Waals surface area contributed by atoms with Gasteiger partial charge in [0.25, 0.3) is 5.91 Å². The zero-order chi connectivity index (χ0) is 17.7. The van der Waals surface area contributed by atoms with Crippen molar-refractivity contribution in [1.29, 1.82) is 0 Å². The Kier molecular flexibility index (Phi) is 4.12. The van der Waals surface area contributed by atoms with E-state index in [9.17, 15) is 4.79 Å². The Morgan fingerprint density at radius 2 is 2.04 bits per heavy atom. The molecule has 0 aliphatic carbocycles. The first kappa shape index (κ1) is 16.7. The lowest BCUT2D eigenvalue weighted by Gasteiger charge is -2.29. The number of hydrogen-bond donors (Lipinski definition) is 0. The quantitative estimate of drug-likeness (QED) is 0.563. The van der Waals surface area contributed by atoms with Crippen molar-refractivity contribution < 1.29 is 4.79 Å². The maximum atomic E-state index is 13.3. The second-order valence-electron chi connectivity index (χ2n) is 6.43. The van der Waals surface area contributed by atoms with Gasteiger partial charge in [-0.1, -0.05) is 15.9 Å². The monoisotopic (exact) mass is 415 g/mol. The molecular weight excluding hydrogens is 398 g/mol. The van der Waals surface area contributed by atoms with Gasteiger partial charge in [-0.25, -0.2) is 9.97 Å². The van der Waals surface area contributed by atoms with Gasteiger partial charge in [0.15, 0.2) is 0 Å². The highest BCUT2D eigenvalue weighted by Gasteiger charge is 2.27. The normalized spacial score (nSPS) is 14.0. The van der Waals surface area contributed by atoms with E-state index >= 15 is 0 Å². The molecule has 0 unspecified atom stereocenters. The summed E-state index contributed by atoms with van der Waals surface area (Å²) in [7, 11) is 0. The van der Waals surface area contributed by atoms with E-state index in [0.29, 0.717) is 0 Å². The van der Waals surface area contributed by atoms with Crippen LogP contribution in [0.4, 0.5) is 5.69 Å². The summed E-state index contributed by atoms with van der Waals surface area (Å²) in [6.45, 7) is 6.63. The average molecular weight is 416 g/mol. The van der Waals surface area contributed by atoms with Crippen molar-refractivity contribution in [3.63, 3.8) is 0 Å². The van der Waals surface area contributed by atoms with Gasteiger partial charge in [-0.2, -0.15) is 0 Å². The molecule has 3 heterocycles. The van der Waals surface area contributed by atoms with Gasteiger partial charge in [0.05, 0.1) is 4.88 Å². The Balaban J connectivity index is 1.82. The number of rotatable bonds is 1. The van der Waals surface area contributed by atoms with E-state index in [4.69, 9.17) is 0 Å². The number of thiophene rings is 1. The van der Waals surface area contributed by atoms with E-state index in [2.05, 4.69) is 32.0 Å². The number of benzene rings is 1. The highest BCUT2D eigenvalue weighted by Crippen LogP contribution is 2.35. The van der Waals surface area contributed by atoms with Gasteiger partial charge in [0.2, 0.25) is 0 Å². The third-order valence-electron chi connectivity index (χ3n) is 4.68. The molecule has 3 aromatic rings. The number of hydrogen-bond acceptors (Lipinski definition) is 4. The zero-order valence-electron chi connectivity index (χ0n) is 14.4. The SMILES string of the molecule is Cc1nc(C)c2c(C)c(C(=O)N3CCCc4cc(Br)ccc43)sc2n1. The molecule has 0 bridgehead atoms. The van der Waals surface area contributed by atoms with Crippen molar-refractivity contribution in [3.8, 4) is 0 Å². The predicted molar refractivity (Wildman–Crippen MR) is 106 cm³/mol. The molecule has 0 N–H and O–H groups in total. The number of amides is 1. The van der Waals surface area contributed by atoms with Crippen molar-refractivity contribution in [3.05, 3.63) is 50.2 Å². The van der Waals surface area contributed by atoms with Crippen LogP contribution in [0.2, 0.25) is 0 Å². The van der Waals surface area contributed by atoms with Gasteiger partial charge in [-0.3, -0.25) is 4.79 Å². The molecule has 0 saturated heterocycles. The van der Waals surface area contributed by atoms with Crippen LogP contribution >= 0.6 is 27.3 Å². The zero-order valence-corrected chi connectivity index (χ0v) is 16.8.